The van der Waals surface area contributed by atoms with Crippen molar-refractivity contribution in [2.75, 3.05) is 13.2 Å². The molecular weight excluding hydrogens is 524 g/mol. The second-order valence-electron chi connectivity index (χ2n) is 10.4. The number of hydrogen-bond donors (Lipinski definition) is 1. The topological polar surface area (TPSA) is 144 Å². The molecule has 1 saturated carbocycles. The molecule has 1 aliphatic carbocycles. The van der Waals surface area contributed by atoms with E-state index in [1.165, 1.54) is 26.2 Å². The Morgan fingerprint density at radius 3 is 2.02 bits per heavy atom. The van der Waals surface area contributed by atoms with E-state index in [-0.39, 0.29) is 6.42 Å². The van der Waals surface area contributed by atoms with E-state index in [1.54, 1.807) is 0 Å². The first-order valence-corrected chi connectivity index (χ1v) is 13.7. The highest BCUT2D eigenvalue weighted by atomic mass is 16.7. The molecule has 40 heavy (non-hydrogen) atoms. The molecule has 11 heteroatoms. The maximum absolute atomic E-state index is 12.0. The lowest BCUT2D eigenvalue weighted by atomic mass is 9.86. The molecule has 11 nitrogen and oxygen atoms in total. The molecule has 1 N–H and O–H groups in total. The minimum Gasteiger partial charge on any atom is -0.493 e. The maximum atomic E-state index is 12.0. The van der Waals surface area contributed by atoms with E-state index in [2.05, 4.69) is 0 Å². The fraction of sp³-hybridized carbons (Fsp3) is 0.655. The molecule has 1 heterocycles. The van der Waals surface area contributed by atoms with Crippen LogP contribution in [0.4, 0.5) is 0 Å². The molecule has 2 fully saturated rings. The van der Waals surface area contributed by atoms with Gasteiger partial charge in [-0.2, -0.15) is 0 Å². The number of aliphatic hydroxyl groups is 1. The molecule has 5 atom stereocenters. The molecule has 0 spiro atoms. The third-order valence-corrected chi connectivity index (χ3v) is 7.02. The average Bonchev–Trinajstić information content (AvgIpc) is 2.84. The summed E-state index contributed by atoms with van der Waals surface area (Å²) in [5.74, 6) is -3.50. The third kappa shape index (κ3) is 9.19. The molecule has 0 amide bonds. The predicted octanol–water partition coefficient (Wildman–Crippen LogP) is 3.02. The zero-order valence-electron chi connectivity index (χ0n) is 23.6. The number of benzene rings is 1. The second kappa shape index (κ2) is 14.5. The lowest BCUT2D eigenvalue weighted by molar-refractivity contribution is -0.354. The molecule has 222 valence electrons. The van der Waals surface area contributed by atoms with E-state index in [4.69, 9.17) is 28.4 Å². The minimum absolute atomic E-state index is 0.00530. The number of hydrogen-bond acceptors (Lipinski definition) is 11. The van der Waals surface area contributed by atoms with Crippen LogP contribution in [-0.4, -0.2) is 72.4 Å². The van der Waals surface area contributed by atoms with E-state index < -0.39 is 60.7 Å². The Hall–Kier alpha value is -3.18. The fourth-order valence-corrected chi connectivity index (χ4v) is 4.89. The first-order valence-electron chi connectivity index (χ1n) is 13.7. The van der Waals surface area contributed by atoms with Crippen molar-refractivity contribution in [2.45, 2.75) is 103 Å². The molecule has 0 unspecified atom stereocenters. The molecule has 0 bridgehead atoms. The Morgan fingerprint density at radius 1 is 0.850 bits per heavy atom. The minimum atomic E-state index is -2.12. The molecule has 1 aromatic rings. The SMILES string of the molecule is CC(=O)OC[C@H]1O[C@](O)(CCCCc2ccc(OCC3CCC3)cc2)[C@H](OC(C)=O)[C@@H](OC(C)=O)[C@@H]1OC(C)=O. The molecular formula is C29H40O11. The Balaban J connectivity index is 1.69. The highest BCUT2D eigenvalue weighted by molar-refractivity contribution is 5.68. The summed E-state index contributed by atoms with van der Waals surface area (Å²) < 4.78 is 32.9. The number of ether oxygens (including phenoxy) is 6. The van der Waals surface area contributed by atoms with Crippen molar-refractivity contribution in [3.05, 3.63) is 29.8 Å². The summed E-state index contributed by atoms with van der Waals surface area (Å²) in [5.41, 5.74) is 1.09. The monoisotopic (exact) mass is 564 g/mol. The molecule has 1 aromatic carbocycles. The number of carbonyl (C=O) groups excluding carboxylic acids is 4. The van der Waals surface area contributed by atoms with Crippen molar-refractivity contribution in [1.82, 2.24) is 0 Å². The van der Waals surface area contributed by atoms with Crippen LogP contribution in [0.5, 0.6) is 5.75 Å². The lowest BCUT2D eigenvalue weighted by Crippen LogP contribution is -2.68. The number of esters is 4. The smallest absolute Gasteiger partial charge is 0.303 e. The van der Waals surface area contributed by atoms with Gasteiger partial charge < -0.3 is 33.5 Å². The van der Waals surface area contributed by atoms with Gasteiger partial charge in [0, 0.05) is 34.1 Å². The molecule has 1 aliphatic heterocycles. The van der Waals surface area contributed by atoms with Crippen LogP contribution < -0.4 is 4.74 Å². The zero-order chi connectivity index (χ0) is 29.3. The van der Waals surface area contributed by atoms with Crippen molar-refractivity contribution in [3.63, 3.8) is 0 Å². The van der Waals surface area contributed by atoms with E-state index in [9.17, 15) is 24.3 Å². The number of aryl methyl sites for hydroxylation is 1. The summed E-state index contributed by atoms with van der Waals surface area (Å²) in [6, 6.07) is 7.89. The predicted molar refractivity (Wildman–Crippen MR) is 140 cm³/mol. The van der Waals surface area contributed by atoms with E-state index in [0.717, 1.165) is 38.7 Å². The standard InChI is InChI=1S/C29H40O11/c1-18(30)35-17-25-26(37-19(2)31)27(38-20(3)32)28(39-21(4)33)29(34,40-25)15-6-5-8-22-11-13-24(14-12-22)36-16-23-9-7-10-23/h11-14,23,25-28,34H,5-10,15-17H2,1-4H3/t25-,26-,27+,28-,29-/m1/s1. The normalized spacial score (nSPS) is 26.2. The van der Waals surface area contributed by atoms with Crippen LogP contribution in [0.1, 0.15) is 71.8 Å². The zero-order valence-corrected chi connectivity index (χ0v) is 23.6. The summed E-state index contributed by atoms with van der Waals surface area (Å²) >= 11 is 0. The molecule has 3 rings (SSSR count). The van der Waals surface area contributed by atoms with Crippen molar-refractivity contribution >= 4 is 23.9 Å². The van der Waals surface area contributed by atoms with Crippen molar-refractivity contribution in [2.24, 2.45) is 5.92 Å². The largest absolute Gasteiger partial charge is 0.493 e. The maximum Gasteiger partial charge on any atom is 0.303 e. The molecule has 2 aliphatic rings. The first kappa shape index (κ1) is 31.3. The van der Waals surface area contributed by atoms with Gasteiger partial charge in [-0.3, -0.25) is 19.2 Å². The van der Waals surface area contributed by atoms with Crippen LogP contribution in [0.15, 0.2) is 24.3 Å². The fourth-order valence-electron chi connectivity index (χ4n) is 4.89. The van der Waals surface area contributed by atoms with Gasteiger partial charge in [-0.15, -0.1) is 0 Å². The van der Waals surface area contributed by atoms with Crippen molar-refractivity contribution < 1.29 is 52.7 Å². The number of unbranched alkanes of at least 4 members (excludes halogenated alkanes) is 1. The van der Waals surface area contributed by atoms with Gasteiger partial charge in [0.05, 0.1) is 6.61 Å². The summed E-state index contributed by atoms with van der Waals surface area (Å²) in [4.78, 5) is 47.3. The summed E-state index contributed by atoms with van der Waals surface area (Å²) in [5, 5.41) is 11.6. The van der Waals surface area contributed by atoms with Crippen LogP contribution in [0.25, 0.3) is 0 Å². The van der Waals surface area contributed by atoms with E-state index in [1.807, 2.05) is 24.3 Å². The lowest BCUT2D eigenvalue weighted by Gasteiger charge is -2.48. The number of carbonyl (C=O) groups is 4. The van der Waals surface area contributed by atoms with Gasteiger partial charge in [0.15, 0.2) is 18.3 Å². The van der Waals surface area contributed by atoms with Crippen molar-refractivity contribution in [3.8, 4) is 5.75 Å². The highest BCUT2D eigenvalue weighted by Gasteiger charge is 2.59. The Kier molecular flexibility index (Phi) is 11.3. The highest BCUT2D eigenvalue weighted by Crippen LogP contribution is 2.37. The summed E-state index contributed by atoms with van der Waals surface area (Å²) in [6.45, 7) is 4.95. The average molecular weight is 565 g/mol. The molecule has 0 radical (unpaired) electrons. The quantitative estimate of drug-likeness (QED) is 0.214. The van der Waals surface area contributed by atoms with E-state index >= 15 is 0 Å². The van der Waals surface area contributed by atoms with Gasteiger partial charge in [0.25, 0.3) is 0 Å². The van der Waals surface area contributed by atoms with Crippen molar-refractivity contribution in [1.29, 1.82) is 0 Å². The Labute approximate surface area is 234 Å². The Bertz CT molecular complexity index is 1020. The van der Waals surface area contributed by atoms with E-state index in [0.29, 0.717) is 25.2 Å². The third-order valence-electron chi connectivity index (χ3n) is 7.02. The second-order valence-corrected chi connectivity index (χ2v) is 10.4. The van der Waals surface area contributed by atoms with Crippen LogP contribution in [-0.2, 0) is 49.3 Å². The van der Waals surface area contributed by atoms with Crippen LogP contribution >= 0.6 is 0 Å². The van der Waals surface area contributed by atoms with Gasteiger partial charge in [0.2, 0.25) is 5.79 Å². The van der Waals surface area contributed by atoms with Crippen LogP contribution in [0.3, 0.4) is 0 Å². The molecule has 0 aromatic heterocycles. The van der Waals surface area contributed by atoms with Gasteiger partial charge in [-0.05, 0) is 55.7 Å². The summed E-state index contributed by atoms with van der Waals surface area (Å²) in [6.07, 6.45) is 0.116. The van der Waals surface area contributed by atoms with Gasteiger partial charge in [0.1, 0.15) is 18.5 Å². The first-order chi connectivity index (χ1) is 19.0. The van der Waals surface area contributed by atoms with Gasteiger partial charge in [-0.25, -0.2) is 0 Å². The van der Waals surface area contributed by atoms with Gasteiger partial charge >= 0.3 is 23.9 Å². The van der Waals surface area contributed by atoms with Crippen LogP contribution in [0, 0.1) is 5.92 Å². The molecule has 1 saturated heterocycles. The Morgan fingerprint density at radius 2 is 1.48 bits per heavy atom. The van der Waals surface area contributed by atoms with Crippen LogP contribution in [0.2, 0.25) is 0 Å². The summed E-state index contributed by atoms with van der Waals surface area (Å²) in [7, 11) is 0. The number of rotatable bonds is 13. The van der Waals surface area contributed by atoms with Gasteiger partial charge in [-0.1, -0.05) is 18.6 Å².